The maximum absolute atomic E-state index is 12.9. The molecule has 2 aromatic carbocycles. The first-order valence-electron chi connectivity index (χ1n) is 8.76. The Hall–Kier alpha value is -2.41. The van der Waals surface area contributed by atoms with Gasteiger partial charge in [-0.25, -0.2) is 12.8 Å². The van der Waals surface area contributed by atoms with Crippen LogP contribution in [0.15, 0.2) is 48.5 Å². The van der Waals surface area contributed by atoms with Crippen molar-refractivity contribution in [1.82, 2.24) is 5.32 Å². The SMILES string of the molecule is CC(C)c1ccccc1N(CC(=O)NCCc1ccc(F)cc1)S(C)(=O)=O. The Kier molecular flexibility index (Phi) is 6.96. The Morgan fingerprint density at radius 2 is 1.74 bits per heavy atom. The minimum Gasteiger partial charge on any atom is -0.354 e. The molecule has 2 aromatic rings. The van der Waals surface area contributed by atoms with Crippen LogP contribution >= 0.6 is 0 Å². The maximum atomic E-state index is 12.9. The molecule has 0 saturated carbocycles. The number of benzene rings is 2. The van der Waals surface area contributed by atoms with Gasteiger partial charge in [0.2, 0.25) is 15.9 Å². The molecule has 0 aromatic heterocycles. The van der Waals surface area contributed by atoms with Crippen LogP contribution in [0.3, 0.4) is 0 Å². The monoisotopic (exact) mass is 392 g/mol. The first-order valence-corrected chi connectivity index (χ1v) is 10.6. The third kappa shape index (κ3) is 6.06. The number of hydrogen-bond acceptors (Lipinski definition) is 3. The average molecular weight is 392 g/mol. The molecule has 0 atom stereocenters. The number of nitrogens with one attached hydrogen (secondary N) is 1. The molecule has 0 fully saturated rings. The third-order valence-corrected chi connectivity index (χ3v) is 5.29. The van der Waals surface area contributed by atoms with Gasteiger partial charge in [-0.2, -0.15) is 0 Å². The Labute approximate surface area is 160 Å². The molecule has 0 radical (unpaired) electrons. The van der Waals surface area contributed by atoms with Gasteiger partial charge >= 0.3 is 0 Å². The molecule has 2 rings (SSSR count). The smallest absolute Gasteiger partial charge is 0.240 e. The molecule has 1 amide bonds. The van der Waals surface area contributed by atoms with Crippen LogP contribution in [0.4, 0.5) is 10.1 Å². The van der Waals surface area contributed by atoms with Gasteiger partial charge in [0.25, 0.3) is 0 Å². The highest BCUT2D eigenvalue weighted by Crippen LogP contribution is 2.28. The van der Waals surface area contributed by atoms with E-state index < -0.39 is 10.0 Å². The third-order valence-electron chi connectivity index (χ3n) is 4.16. The van der Waals surface area contributed by atoms with Gasteiger partial charge in [0.05, 0.1) is 11.9 Å². The average Bonchev–Trinajstić information content (AvgIpc) is 2.60. The lowest BCUT2D eigenvalue weighted by Gasteiger charge is -2.25. The number of carbonyl (C=O) groups is 1. The van der Waals surface area contributed by atoms with Crippen LogP contribution in [0, 0.1) is 5.82 Å². The van der Waals surface area contributed by atoms with Gasteiger partial charge in [-0.05, 0) is 41.7 Å². The number of sulfonamides is 1. The second kappa shape index (κ2) is 8.99. The molecule has 0 saturated heterocycles. The van der Waals surface area contributed by atoms with Crippen LogP contribution in [0.2, 0.25) is 0 Å². The van der Waals surface area contributed by atoms with Crippen molar-refractivity contribution in [3.05, 3.63) is 65.5 Å². The Balaban J connectivity index is 2.06. The van der Waals surface area contributed by atoms with Gasteiger partial charge < -0.3 is 5.32 Å². The molecule has 0 spiro atoms. The summed E-state index contributed by atoms with van der Waals surface area (Å²) in [6.07, 6.45) is 1.63. The van der Waals surface area contributed by atoms with Crippen molar-refractivity contribution in [3.63, 3.8) is 0 Å². The first-order chi connectivity index (χ1) is 12.7. The molecule has 0 aliphatic heterocycles. The van der Waals surface area contributed by atoms with E-state index in [1.807, 2.05) is 26.0 Å². The van der Waals surface area contributed by atoms with Gasteiger partial charge in [-0.15, -0.1) is 0 Å². The van der Waals surface area contributed by atoms with Gasteiger partial charge in [0.15, 0.2) is 0 Å². The highest BCUT2D eigenvalue weighted by atomic mass is 32.2. The first kappa shape index (κ1) is 20.9. The summed E-state index contributed by atoms with van der Waals surface area (Å²) in [5.74, 6) is -0.580. The fraction of sp³-hybridized carbons (Fsp3) is 0.350. The van der Waals surface area contributed by atoms with Crippen molar-refractivity contribution >= 4 is 21.6 Å². The van der Waals surface area contributed by atoms with Crippen LogP contribution in [-0.2, 0) is 21.2 Å². The van der Waals surface area contributed by atoms with Crippen LogP contribution < -0.4 is 9.62 Å². The van der Waals surface area contributed by atoms with Crippen LogP contribution in [0.5, 0.6) is 0 Å². The second-order valence-corrected chi connectivity index (χ2v) is 8.62. The summed E-state index contributed by atoms with van der Waals surface area (Å²) in [5.41, 5.74) is 2.27. The molecular formula is C20H25FN2O3S. The predicted molar refractivity (Wildman–Crippen MR) is 106 cm³/mol. The summed E-state index contributed by atoms with van der Waals surface area (Å²) in [6, 6.07) is 13.2. The summed E-state index contributed by atoms with van der Waals surface area (Å²) < 4.78 is 38.6. The van der Waals surface area contributed by atoms with Crippen molar-refractivity contribution in [3.8, 4) is 0 Å². The number of para-hydroxylation sites is 1. The summed E-state index contributed by atoms with van der Waals surface area (Å²) in [5, 5.41) is 2.73. The van der Waals surface area contributed by atoms with Gasteiger partial charge in [-0.1, -0.05) is 44.2 Å². The number of nitrogens with zero attached hydrogens (tertiary/aromatic N) is 1. The molecular weight excluding hydrogens is 367 g/mol. The molecule has 27 heavy (non-hydrogen) atoms. The number of amides is 1. The fourth-order valence-electron chi connectivity index (χ4n) is 2.77. The highest BCUT2D eigenvalue weighted by molar-refractivity contribution is 7.92. The lowest BCUT2D eigenvalue weighted by Crippen LogP contribution is -2.41. The van der Waals surface area contributed by atoms with Crippen LogP contribution in [0.1, 0.15) is 30.9 Å². The van der Waals surface area contributed by atoms with E-state index in [2.05, 4.69) is 5.32 Å². The van der Waals surface area contributed by atoms with Crippen LogP contribution in [0.25, 0.3) is 0 Å². The topological polar surface area (TPSA) is 66.5 Å². The van der Waals surface area contributed by atoms with Crippen molar-refractivity contribution in [2.24, 2.45) is 0 Å². The highest BCUT2D eigenvalue weighted by Gasteiger charge is 2.23. The lowest BCUT2D eigenvalue weighted by molar-refractivity contribution is -0.119. The molecule has 0 bridgehead atoms. The molecule has 146 valence electrons. The molecule has 0 unspecified atom stereocenters. The van der Waals surface area contributed by atoms with Crippen molar-refractivity contribution in [2.75, 3.05) is 23.7 Å². The molecule has 5 nitrogen and oxygen atoms in total. The number of hydrogen-bond donors (Lipinski definition) is 1. The van der Waals surface area contributed by atoms with Crippen molar-refractivity contribution < 1.29 is 17.6 Å². The number of rotatable bonds is 8. The van der Waals surface area contributed by atoms with Crippen molar-refractivity contribution in [1.29, 1.82) is 0 Å². The van der Waals surface area contributed by atoms with E-state index in [1.54, 1.807) is 24.3 Å². The normalized spacial score (nSPS) is 11.4. The Morgan fingerprint density at radius 1 is 1.11 bits per heavy atom. The standard InChI is InChI=1S/C20H25FN2O3S/c1-15(2)18-6-4-5-7-19(18)23(27(3,25)26)14-20(24)22-13-12-16-8-10-17(21)11-9-16/h4-11,15H,12-14H2,1-3H3,(H,22,24). The van der Waals surface area contributed by atoms with E-state index in [0.29, 0.717) is 18.7 Å². The molecule has 1 N–H and O–H groups in total. The Morgan fingerprint density at radius 3 is 2.33 bits per heavy atom. The summed E-state index contributed by atoms with van der Waals surface area (Å²) in [7, 11) is -3.62. The van der Waals surface area contributed by atoms with Gasteiger partial charge in [-0.3, -0.25) is 9.10 Å². The second-order valence-electron chi connectivity index (χ2n) is 6.71. The van der Waals surface area contributed by atoms with E-state index in [1.165, 1.54) is 12.1 Å². The summed E-state index contributed by atoms with van der Waals surface area (Å²) >= 11 is 0. The molecule has 0 aliphatic carbocycles. The van der Waals surface area contributed by atoms with Crippen molar-refractivity contribution in [2.45, 2.75) is 26.2 Å². The zero-order valence-corrected chi connectivity index (χ0v) is 16.6. The summed E-state index contributed by atoms with van der Waals surface area (Å²) in [4.78, 5) is 12.3. The number of anilines is 1. The zero-order chi connectivity index (χ0) is 20.0. The molecule has 0 heterocycles. The van der Waals surface area contributed by atoms with E-state index in [4.69, 9.17) is 0 Å². The zero-order valence-electron chi connectivity index (χ0n) is 15.8. The predicted octanol–water partition coefficient (Wildman–Crippen LogP) is 3.07. The number of carbonyl (C=O) groups excluding carboxylic acids is 1. The van der Waals surface area contributed by atoms with E-state index >= 15 is 0 Å². The van der Waals surface area contributed by atoms with E-state index in [9.17, 15) is 17.6 Å². The summed E-state index contributed by atoms with van der Waals surface area (Å²) in [6.45, 7) is 4.00. The van der Waals surface area contributed by atoms with E-state index in [-0.39, 0.29) is 24.2 Å². The lowest BCUT2D eigenvalue weighted by atomic mass is 10.0. The minimum atomic E-state index is -3.62. The van der Waals surface area contributed by atoms with Gasteiger partial charge in [0, 0.05) is 6.54 Å². The maximum Gasteiger partial charge on any atom is 0.240 e. The van der Waals surface area contributed by atoms with E-state index in [0.717, 1.165) is 21.7 Å². The number of halogens is 1. The molecule has 7 heteroatoms. The van der Waals surface area contributed by atoms with Crippen LogP contribution in [-0.4, -0.2) is 33.7 Å². The molecule has 0 aliphatic rings. The minimum absolute atomic E-state index is 0.118. The van der Waals surface area contributed by atoms with Gasteiger partial charge in [0.1, 0.15) is 12.4 Å². The quantitative estimate of drug-likeness (QED) is 0.751. The fourth-order valence-corrected chi connectivity index (χ4v) is 3.64. The Bertz CT molecular complexity index is 880. The largest absolute Gasteiger partial charge is 0.354 e.